The van der Waals surface area contributed by atoms with Crippen molar-refractivity contribution in [3.05, 3.63) is 23.7 Å². The van der Waals surface area contributed by atoms with Crippen molar-refractivity contribution in [2.45, 2.75) is 44.1 Å². The number of aliphatic hydroxyl groups is 1. The summed E-state index contributed by atoms with van der Waals surface area (Å²) in [7, 11) is 1.89. The largest absolute Gasteiger partial charge is 0.489 e. The summed E-state index contributed by atoms with van der Waals surface area (Å²) in [5.74, 6) is 0.0323. The third-order valence-corrected chi connectivity index (χ3v) is 5.59. The Morgan fingerprint density at radius 1 is 1.40 bits per heavy atom. The molecular weight excluding hydrogens is 414 g/mol. The molecule has 0 spiro atoms. The van der Waals surface area contributed by atoms with Gasteiger partial charge in [-0.05, 0) is 46.2 Å². The second-order valence-corrected chi connectivity index (χ2v) is 8.52. The zero-order valence-corrected chi connectivity index (χ0v) is 17.9. The first-order valence-electron chi connectivity index (χ1n) is 9.52. The molecule has 164 valence electrons. The van der Waals surface area contributed by atoms with Crippen LogP contribution in [0, 0.1) is 0 Å². The molecular formula is C20H26F2N4O3S. The average molecular weight is 441 g/mol. The maximum atomic E-state index is 14.3. The fraction of sp³-hybridized carbons (Fsp3) is 0.500. The number of nitrogens with zero attached hydrogens (tertiary/aromatic N) is 2. The van der Waals surface area contributed by atoms with Gasteiger partial charge < -0.3 is 25.2 Å². The fourth-order valence-electron chi connectivity index (χ4n) is 3.06. The lowest BCUT2D eigenvalue weighted by atomic mass is 9.98. The van der Waals surface area contributed by atoms with Crippen LogP contribution in [0.1, 0.15) is 20.3 Å². The smallest absolute Gasteiger partial charge is 0.426 e. The van der Waals surface area contributed by atoms with Crippen molar-refractivity contribution in [2.75, 3.05) is 20.2 Å². The maximum Gasteiger partial charge on any atom is 0.426 e. The van der Waals surface area contributed by atoms with Gasteiger partial charge in [0.1, 0.15) is 17.3 Å². The number of halogens is 2. The maximum absolute atomic E-state index is 14.3. The van der Waals surface area contributed by atoms with Gasteiger partial charge in [-0.2, -0.15) is 8.78 Å². The van der Waals surface area contributed by atoms with E-state index < -0.39 is 11.7 Å². The Hall–Kier alpha value is -2.14. The molecule has 0 radical (unpaired) electrons. The SMILES string of the molecule is C=Nc1c(OC(F)(F)C(C)(C)O)ccc(-c2nccs2)c1OCC1CC(CNC)N1. The predicted molar refractivity (Wildman–Crippen MR) is 113 cm³/mol. The lowest BCUT2D eigenvalue weighted by Crippen LogP contribution is -2.58. The third kappa shape index (κ3) is 4.77. The molecule has 1 aromatic carbocycles. The number of hydrogen-bond donors (Lipinski definition) is 3. The summed E-state index contributed by atoms with van der Waals surface area (Å²) in [6, 6.07) is 3.46. The number of aromatic nitrogens is 1. The monoisotopic (exact) mass is 440 g/mol. The minimum absolute atomic E-state index is 0.0396. The minimum Gasteiger partial charge on any atom is -0.489 e. The van der Waals surface area contributed by atoms with Crippen LogP contribution in [0.15, 0.2) is 28.7 Å². The van der Waals surface area contributed by atoms with Crippen molar-refractivity contribution in [3.63, 3.8) is 0 Å². The van der Waals surface area contributed by atoms with E-state index in [0.29, 0.717) is 23.2 Å². The normalized spacial score (nSPS) is 19.3. The van der Waals surface area contributed by atoms with Crippen LogP contribution in [-0.2, 0) is 0 Å². The molecule has 1 aliphatic rings. The van der Waals surface area contributed by atoms with Gasteiger partial charge in [-0.1, -0.05) is 0 Å². The van der Waals surface area contributed by atoms with E-state index in [-0.39, 0.29) is 23.2 Å². The van der Waals surface area contributed by atoms with Crippen LogP contribution in [0.25, 0.3) is 10.6 Å². The molecule has 0 aliphatic carbocycles. The summed E-state index contributed by atoms with van der Waals surface area (Å²) < 4.78 is 39.5. The second kappa shape index (κ2) is 8.93. The van der Waals surface area contributed by atoms with E-state index in [2.05, 4.69) is 27.3 Å². The molecule has 30 heavy (non-hydrogen) atoms. The lowest BCUT2D eigenvalue weighted by molar-refractivity contribution is -0.276. The minimum atomic E-state index is -3.84. The molecule has 1 aromatic heterocycles. The number of nitrogens with one attached hydrogen (secondary N) is 2. The van der Waals surface area contributed by atoms with E-state index in [1.807, 2.05) is 12.4 Å². The number of hydrogen-bond acceptors (Lipinski definition) is 8. The topological polar surface area (TPSA) is 88.0 Å². The Kier molecular flexibility index (Phi) is 6.71. The van der Waals surface area contributed by atoms with Crippen LogP contribution in [0.4, 0.5) is 14.5 Å². The van der Waals surface area contributed by atoms with Crippen LogP contribution in [0.3, 0.4) is 0 Å². The third-order valence-electron chi connectivity index (χ3n) is 4.79. The first-order valence-corrected chi connectivity index (χ1v) is 10.4. The average Bonchev–Trinajstić information content (AvgIpc) is 3.16. The van der Waals surface area contributed by atoms with Crippen molar-refractivity contribution >= 4 is 23.7 Å². The fourth-order valence-corrected chi connectivity index (χ4v) is 3.72. The quantitative estimate of drug-likeness (QED) is 0.492. The number of ether oxygens (including phenoxy) is 2. The second-order valence-electron chi connectivity index (χ2n) is 7.63. The summed E-state index contributed by atoms with van der Waals surface area (Å²) in [4.78, 5) is 8.19. The van der Waals surface area contributed by atoms with Gasteiger partial charge in [0.2, 0.25) is 0 Å². The van der Waals surface area contributed by atoms with Gasteiger partial charge in [0.25, 0.3) is 0 Å². The van der Waals surface area contributed by atoms with Crippen molar-refractivity contribution in [1.82, 2.24) is 15.6 Å². The molecule has 1 fully saturated rings. The van der Waals surface area contributed by atoms with Gasteiger partial charge in [-0.25, -0.2) is 4.98 Å². The zero-order valence-electron chi connectivity index (χ0n) is 17.1. The van der Waals surface area contributed by atoms with E-state index in [1.54, 1.807) is 12.3 Å². The Bertz CT molecular complexity index is 866. The van der Waals surface area contributed by atoms with Crippen molar-refractivity contribution < 1.29 is 23.4 Å². The van der Waals surface area contributed by atoms with Crippen LogP contribution < -0.4 is 20.1 Å². The molecule has 7 nitrogen and oxygen atoms in total. The Morgan fingerprint density at radius 2 is 2.13 bits per heavy atom. The predicted octanol–water partition coefficient (Wildman–Crippen LogP) is 3.21. The molecule has 3 rings (SSSR count). The van der Waals surface area contributed by atoms with Gasteiger partial charge in [0, 0.05) is 30.2 Å². The van der Waals surface area contributed by atoms with Crippen LogP contribution >= 0.6 is 11.3 Å². The molecule has 2 atom stereocenters. The highest BCUT2D eigenvalue weighted by Crippen LogP contribution is 2.47. The van der Waals surface area contributed by atoms with Gasteiger partial charge in [-0.15, -0.1) is 11.3 Å². The highest BCUT2D eigenvalue weighted by molar-refractivity contribution is 7.13. The lowest BCUT2D eigenvalue weighted by Gasteiger charge is -2.37. The Labute approximate surface area is 178 Å². The molecule has 2 aromatic rings. The number of likely N-dealkylation sites (N-methyl/N-ethyl adjacent to an activating group) is 1. The zero-order chi connectivity index (χ0) is 21.9. The molecule has 0 saturated carbocycles. The molecule has 2 unspecified atom stereocenters. The first-order chi connectivity index (χ1) is 14.2. The summed E-state index contributed by atoms with van der Waals surface area (Å²) in [6.45, 7) is 6.63. The van der Waals surface area contributed by atoms with E-state index in [9.17, 15) is 13.9 Å². The summed E-state index contributed by atoms with van der Waals surface area (Å²) in [5.41, 5.74) is -1.74. The number of alkyl halides is 2. The van der Waals surface area contributed by atoms with Gasteiger partial charge in [-0.3, -0.25) is 4.99 Å². The summed E-state index contributed by atoms with van der Waals surface area (Å²) >= 11 is 1.39. The highest BCUT2D eigenvalue weighted by Gasteiger charge is 2.49. The highest BCUT2D eigenvalue weighted by atomic mass is 32.1. The molecule has 3 N–H and O–H groups in total. The van der Waals surface area contributed by atoms with Crippen LogP contribution in [0.5, 0.6) is 11.5 Å². The molecule has 1 aliphatic heterocycles. The van der Waals surface area contributed by atoms with Gasteiger partial charge >= 0.3 is 6.11 Å². The van der Waals surface area contributed by atoms with E-state index in [4.69, 9.17) is 9.47 Å². The molecule has 2 heterocycles. The molecule has 10 heteroatoms. The number of rotatable bonds is 10. The molecule has 1 saturated heterocycles. The molecule has 0 amide bonds. The number of benzene rings is 1. The first kappa shape index (κ1) is 22.5. The summed E-state index contributed by atoms with van der Waals surface area (Å²) in [6.07, 6.45) is -1.27. The van der Waals surface area contributed by atoms with Crippen LogP contribution in [0.2, 0.25) is 0 Å². The number of aliphatic imine (C=N–C) groups is 1. The molecule has 0 bridgehead atoms. The standard InChI is InChI=1S/C20H26F2N4O3S/c1-19(2,27)20(21,22)29-15-6-5-14(18-25-7-8-30-18)17(16(15)24-4)28-11-13-9-12(26-13)10-23-3/h5-8,12-13,23,26-27H,4,9-11H2,1-3H3. The Balaban J connectivity index is 1.89. The van der Waals surface area contributed by atoms with E-state index in [1.165, 1.54) is 17.4 Å². The number of thiazole rings is 1. The van der Waals surface area contributed by atoms with Crippen molar-refractivity contribution in [2.24, 2.45) is 4.99 Å². The Morgan fingerprint density at radius 3 is 2.70 bits per heavy atom. The van der Waals surface area contributed by atoms with Crippen molar-refractivity contribution in [3.8, 4) is 22.1 Å². The van der Waals surface area contributed by atoms with Gasteiger partial charge in [0.15, 0.2) is 17.1 Å². The van der Waals surface area contributed by atoms with Gasteiger partial charge in [0.05, 0.1) is 5.56 Å². The van der Waals surface area contributed by atoms with E-state index in [0.717, 1.165) is 26.8 Å². The summed E-state index contributed by atoms with van der Waals surface area (Å²) in [5, 5.41) is 18.7. The van der Waals surface area contributed by atoms with Crippen LogP contribution in [-0.4, -0.2) is 60.8 Å². The van der Waals surface area contributed by atoms with Crippen molar-refractivity contribution in [1.29, 1.82) is 0 Å². The van der Waals surface area contributed by atoms with E-state index >= 15 is 0 Å².